The summed E-state index contributed by atoms with van der Waals surface area (Å²) in [6.45, 7) is 8.42. The topological polar surface area (TPSA) is 50.9 Å². The van der Waals surface area contributed by atoms with Gasteiger partial charge in [-0.1, -0.05) is 32.0 Å². The minimum atomic E-state index is 0.470. The van der Waals surface area contributed by atoms with Gasteiger partial charge < -0.3 is 11.1 Å². The largest absolute Gasteiger partial charge is 0.397 e. The first-order valence-electron chi connectivity index (χ1n) is 6.58. The number of para-hydroxylation sites is 1. The number of anilines is 3. The number of nitrogens with zero attached hydrogens (tertiary/aromatic N) is 1. The lowest BCUT2D eigenvalue weighted by molar-refractivity contribution is 0.867. The molecule has 0 bridgehead atoms. The number of rotatable bonds is 3. The second kappa shape index (κ2) is 5.31. The van der Waals surface area contributed by atoms with Gasteiger partial charge in [-0.15, -0.1) is 0 Å². The van der Waals surface area contributed by atoms with Crippen LogP contribution < -0.4 is 11.1 Å². The number of nitrogens with two attached hydrogens (primary N) is 1. The summed E-state index contributed by atoms with van der Waals surface area (Å²) in [5.41, 5.74) is 11.0. The summed E-state index contributed by atoms with van der Waals surface area (Å²) in [5.74, 6) is 1.31. The number of benzene rings is 1. The number of hydrogen-bond donors (Lipinski definition) is 2. The molecule has 0 amide bonds. The highest BCUT2D eigenvalue weighted by molar-refractivity contribution is 5.66. The number of hydrogen-bond acceptors (Lipinski definition) is 3. The van der Waals surface area contributed by atoms with Crippen LogP contribution in [0.4, 0.5) is 17.2 Å². The van der Waals surface area contributed by atoms with E-state index in [0.717, 1.165) is 22.9 Å². The predicted octanol–water partition coefficient (Wildman–Crippen LogP) is 4.15. The molecule has 0 fully saturated rings. The van der Waals surface area contributed by atoms with Gasteiger partial charge in [0.15, 0.2) is 0 Å². The van der Waals surface area contributed by atoms with Crippen LogP contribution >= 0.6 is 0 Å². The van der Waals surface area contributed by atoms with Crippen molar-refractivity contribution in [3.8, 4) is 0 Å². The number of aryl methyl sites for hydroxylation is 2. The first-order valence-corrected chi connectivity index (χ1v) is 6.58. The molecule has 0 unspecified atom stereocenters. The van der Waals surface area contributed by atoms with E-state index in [1.807, 2.05) is 19.1 Å². The van der Waals surface area contributed by atoms with E-state index in [9.17, 15) is 0 Å². The van der Waals surface area contributed by atoms with E-state index >= 15 is 0 Å². The van der Waals surface area contributed by atoms with Gasteiger partial charge in [-0.3, -0.25) is 0 Å². The average molecular weight is 255 g/mol. The highest BCUT2D eigenvalue weighted by atomic mass is 15.0. The average Bonchev–Trinajstić information content (AvgIpc) is 2.36. The van der Waals surface area contributed by atoms with Crippen LogP contribution in [0.2, 0.25) is 0 Å². The van der Waals surface area contributed by atoms with Crippen LogP contribution in [-0.4, -0.2) is 4.98 Å². The van der Waals surface area contributed by atoms with E-state index in [1.165, 1.54) is 11.1 Å². The minimum Gasteiger partial charge on any atom is -0.397 e. The van der Waals surface area contributed by atoms with E-state index in [4.69, 9.17) is 5.73 Å². The monoisotopic (exact) mass is 255 g/mol. The van der Waals surface area contributed by atoms with Crippen LogP contribution in [0.15, 0.2) is 30.3 Å². The van der Waals surface area contributed by atoms with Gasteiger partial charge in [-0.2, -0.15) is 0 Å². The van der Waals surface area contributed by atoms with Crippen molar-refractivity contribution in [3.05, 3.63) is 47.2 Å². The van der Waals surface area contributed by atoms with Crippen LogP contribution in [-0.2, 0) is 0 Å². The number of aromatic nitrogens is 1. The molecule has 0 saturated heterocycles. The SMILES string of the molecule is Cc1cccc(C(C)C)c1Nc1ccc(N)c(C)n1. The number of nitrogens with one attached hydrogen (secondary N) is 1. The summed E-state index contributed by atoms with van der Waals surface area (Å²) in [6.07, 6.45) is 0. The summed E-state index contributed by atoms with van der Waals surface area (Å²) < 4.78 is 0. The Balaban J connectivity index is 2.40. The Morgan fingerprint density at radius 1 is 1.11 bits per heavy atom. The molecule has 1 aromatic heterocycles. The molecule has 3 heteroatoms. The minimum absolute atomic E-state index is 0.470. The van der Waals surface area contributed by atoms with Gasteiger partial charge >= 0.3 is 0 Å². The van der Waals surface area contributed by atoms with Crippen molar-refractivity contribution in [1.82, 2.24) is 4.98 Å². The second-order valence-corrected chi connectivity index (χ2v) is 5.19. The van der Waals surface area contributed by atoms with Crippen molar-refractivity contribution in [2.45, 2.75) is 33.6 Å². The molecular formula is C16H21N3. The maximum Gasteiger partial charge on any atom is 0.130 e. The molecule has 0 aliphatic carbocycles. The summed E-state index contributed by atoms with van der Waals surface area (Å²) >= 11 is 0. The van der Waals surface area contributed by atoms with Gasteiger partial charge in [0.05, 0.1) is 11.4 Å². The van der Waals surface area contributed by atoms with E-state index in [-0.39, 0.29) is 0 Å². The molecule has 1 aromatic carbocycles. The number of pyridine rings is 1. The van der Waals surface area contributed by atoms with Crippen molar-refractivity contribution in [2.75, 3.05) is 11.1 Å². The maximum absolute atomic E-state index is 5.80. The summed E-state index contributed by atoms with van der Waals surface area (Å²) in [4.78, 5) is 4.47. The zero-order valence-corrected chi connectivity index (χ0v) is 12.0. The molecule has 0 spiro atoms. The third-order valence-corrected chi connectivity index (χ3v) is 3.31. The van der Waals surface area contributed by atoms with Crippen molar-refractivity contribution in [3.63, 3.8) is 0 Å². The van der Waals surface area contributed by atoms with E-state index < -0.39 is 0 Å². The van der Waals surface area contributed by atoms with Crippen LogP contribution in [0, 0.1) is 13.8 Å². The second-order valence-electron chi connectivity index (χ2n) is 5.19. The molecule has 0 atom stereocenters. The highest BCUT2D eigenvalue weighted by Gasteiger charge is 2.10. The Morgan fingerprint density at radius 2 is 1.84 bits per heavy atom. The number of nitrogen functional groups attached to an aromatic ring is 1. The van der Waals surface area contributed by atoms with Gasteiger partial charge in [-0.05, 0) is 43.0 Å². The normalized spacial score (nSPS) is 10.8. The van der Waals surface area contributed by atoms with Crippen LogP contribution in [0.5, 0.6) is 0 Å². The lowest BCUT2D eigenvalue weighted by atomic mass is 9.98. The zero-order valence-electron chi connectivity index (χ0n) is 12.0. The lowest BCUT2D eigenvalue weighted by Gasteiger charge is -2.17. The van der Waals surface area contributed by atoms with Crippen molar-refractivity contribution < 1.29 is 0 Å². The van der Waals surface area contributed by atoms with Crippen molar-refractivity contribution in [2.24, 2.45) is 0 Å². The molecule has 2 aromatic rings. The standard InChI is InChI=1S/C16H21N3/c1-10(2)13-7-5-6-11(3)16(13)19-15-9-8-14(17)12(4)18-15/h5-10H,17H2,1-4H3,(H,18,19). The summed E-state index contributed by atoms with van der Waals surface area (Å²) in [5, 5.41) is 3.42. The molecule has 1 heterocycles. The molecular weight excluding hydrogens is 234 g/mol. The van der Waals surface area contributed by atoms with Gasteiger partial charge in [0.25, 0.3) is 0 Å². The van der Waals surface area contributed by atoms with Gasteiger partial charge in [0, 0.05) is 5.69 Å². The lowest BCUT2D eigenvalue weighted by Crippen LogP contribution is -2.03. The Morgan fingerprint density at radius 3 is 2.47 bits per heavy atom. The first kappa shape index (κ1) is 13.4. The molecule has 100 valence electrons. The molecule has 0 radical (unpaired) electrons. The van der Waals surface area contributed by atoms with Gasteiger partial charge in [0.2, 0.25) is 0 Å². The Bertz CT molecular complexity index is 589. The molecule has 3 nitrogen and oxygen atoms in total. The maximum atomic E-state index is 5.80. The van der Waals surface area contributed by atoms with Gasteiger partial charge in [-0.25, -0.2) is 4.98 Å². The smallest absolute Gasteiger partial charge is 0.130 e. The van der Waals surface area contributed by atoms with Gasteiger partial charge in [0.1, 0.15) is 5.82 Å². The molecule has 2 rings (SSSR count). The molecule has 0 aliphatic heterocycles. The van der Waals surface area contributed by atoms with E-state index in [0.29, 0.717) is 5.92 Å². The van der Waals surface area contributed by atoms with E-state index in [2.05, 4.69) is 49.3 Å². The molecule has 19 heavy (non-hydrogen) atoms. The molecule has 0 saturated carbocycles. The fourth-order valence-electron chi connectivity index (χ4n) is 2.11. The first-order chi connectivity index (χ1) is 8.99. The molecule has 3 N–H and O–H groups in total. The fourth-order valence-corrected chi connectivity index (χ4v) is 2.11. The third-order valence-electron chi connectivity index (χ3n) is 3.31. The zero-order chi connectivity index (χ0) is 14.0. The fraction of sp³-hybridized carbons (Fsp3) is 0.312. The Labute approximate surface area is 114 Å². The van der Waals surface area contributed by atoms with Crippen molar-refractivity contribution >= 4 is 17.2 Å². The Hall–Kier alpha value is -2.03. The quantitative estimate of drug-likeness (QED) is 0.866. The third kappa shape index (κ3) is 2.87. The summed E-state index contributed by atoms with van der Waals surface area (Å²) in [7, 11) is 0. The van der Waals surface area contributed by atoms with E-state index in [1.54, 1.807) is 0 Å². The van der Waals surface area contributed by atoms with Crippen LogP contribution in [0.1, 0.15) is 36.6 Å². The van der Waals surface area contributed by atoms with Crippen LogP contribution in [0.3, 0.4) is 0 Å². The highest BCUT2D eigenvalue weighted by Crippen LogP contribution is 2.29. The predicted molar refractivity (Wildman–Crippen MR) is 81.9 cm³/mol. The molecule has 0 aliphatic rings. The Kier molecular flexibility index (Phi) is 3.74. The van der Waals surface area contributed by atoms with Crippen LogP contribution in [0.25, 0.3) is 0 Å². The summed E-state index contributed by atoms with van der Waals surface area (Å²) in [6, 6.07) is 10.2. The van der Waals surface area contributed by atoms with Crippen molar-refractivity contribution in [1.29, 1.82) is 0 Å².